The zero-order chi connectivity index (χ0) is 15.7. The lowest BCUT2D eigenvalue weighted by Gasteiger charge is -2.22. The minimum atomic E-state index is 0.129. The van der Waals surface area contributed by atoms with Gasteiger partial charge in [-0.15, -0.1) is 0 Å². The van der Waals surface area contributed by atoms with Gasteiger partial charge in [0.25, 0.3) is 0 Å². The summed E-state index contributed by atoms with van der Waals surface area (Å²) < 4.78 is 16.1. The molecular weight excluding hydrogens is 338 g/mol. The van der Waals surface area contributed by atoms with Gasteiger partial charge in [0.15, 0.2) is 11.5 Å². The van der Waals surface area contributed by atoms with Crippen molar-refractivity contribution in [1.29, 1.82) is 0 Å². The maximum absolute atomic E-state index is 9.85. The van der Waals surface area contributed by atoms with Crippen molar-refractivity contribution in [1.82, 2.24) is 4.90 Å². The Bertz CT molecular complexity index is 428. The number of hydrogen-bond acceptors (Lipinski definition) is 5. The first-order chi connectivity index (χ1) is 10.1. The zero-order valence-electron chi connectivity index (χ0n) is 12.9. The van der Waals surface area contributed by atoms with E-state index in [9.17, 15) is 5.11 Å². The Morgan fingerprint density at radius 1 is 1.10 bits per heavy atom. The minimum absolute atomic E-state index is 0.129. The number of benzene rings is 1. The van der Waals surface area contributed by atoms with E-state index in [1.807, 2.05) is 12.1 Å². The Kier molecular flexibility index (Phi) is 8.68. The van der Waals surface area contributed by atoms with Crippen LogP contribution in [-0.2, 0) is 16.0 Å². The summed E-state index contributed by atoms with van der Waals surface area (Å²) in [6, 6.07) is 3.77. The Hall–Kier alpha value is -0.820. The minimum Gasteiger partial charge on any atom is -0.503 e. The monoisotopic (exact) mass is 361 g/mol. The van der Waals surface area contributed by atoms with Gasteiger partial charge in [-0.3, -0.25) is 4.90 Å². The van der Waals surface area contributed by atoms with Crippen molar-refractivity contribution in [2.75, 3.05) is 47.6 Å². The van der Waals surface area contributed by atoms with Gasteiger partial charge in [0.1, 0.15) is 0 Å². The largest absolute Gasteiger partial charge is 0.503 e. The predicted molar refractivity (Wildman–Crippen MR) is 86.0 cm³/mol. The highest BCUT2D eigenvalue weighted by Gasteiger charge is 2.11. The molecule has 0 amide bonds. The van der Waals surface area contributed by atoms with Crippen LogP contribution in [0.2, 0.25) is 0 Å². The number of aromatic hydroxyl groups is 1. The second-order valence-corrected chi connectivity index (χ2v) is 5.60. The lowest BCUT2D eigenvalue weighted by molar-refractivity contribution is 0.129. The van der Waals surface area contributed by atoms with Crippen LogP contribution in [0.4, 0.5) is 0 Å². The fourth-order valence-corrected chi connectivity index (χ4v) is 2.54. The molecule has 5 nitrogen and oxygen atoms in total. The highest BCUT2D eigenvalue weighted by Crippen LogP contribution is 2.35. The van der Waals surface area contributed by atoms with Crippen LogP contribution in [0.1, 0.15) is 12.0 Å². The van der Waals surface area contributed by atoms with Crippen LogP contribution >= 0.6 is 15.9 Å². The third kappa shape index (κ3) is 6.22. The molecule has 0 aliphatic heterocycles. The van der Waals surface area contributed by atoms with E-state index < -0.39 is 0 Å². The van der Waals surface area contributed by atoms with Gasteiger partial charge >= 0.3 is 0 Å². The molecule has 1 aromatic rings. The predicted octanol–water partition coefficient (Wildman–Crippen LogP) is 2.65. The molecular formula is C15H24BrNO4. The molecule has 0 bridgehead atoms. The van der Waals surface area contributed by atoms with E-state index in [-0.39, 0.29) is 5.75 Å². The van der Waals surface area contributed by atoms with Crippen LogP contribution in [-0.4, -0.2) is 57.6 Å². The molecule has 0 fully saturated rings. The summed E-state index contributed by atoms with van der Waals surface area (Å²) in [5.41, 5.74) is 1.07. The van der Waals surface area contributed by atoms with E-state index in [0.717, 1.165) is 38.2 Å². The van der Waals surface area contributed by atoms with Crippen molar-refractivity contribution in [3.05, 3.63) is 22.2 Å². The summed E-state index contributed by atoms with van der Waals surface area (Å²) in [6.45, 7) is 3.97. The molecule has 0 unspecified atom stereocenters. The summed E-state index contributed by atoms with van der Waals surface area (Å²) in [6.07, 6.45) is 0.969. The molecule has 0 heterocycles. The number of halogens is 1. The van der Waals surface area contributed by atoms with E-state index in [2.05, 4.69) is 20.8 Å². The number of rotatable bonds is 10. The van der Waals surface area contributed by atoms with Crippen molar-refractivity contribution < 1.29 is 19.3 Å². The fourth-order valence-electron chi connectivity index (χ4n) is 2.06. The molecule has 0 atom stereocenters. The molecule has 6 heteroatoms. The standard InChI is InChI=1S/C15H24BrNO4/c1-19-7-4-5-17(6-8-20-2)11-12-9-13(16)15(18)14(10-12)21-3/h9-10,18H,4-8,11H2,1-3H3. The van der Waals surface area contributed by atoms with E-state index in [1.54, 1.807) is 21.3 Å². The van der Waals surface area contributed by atoms with Crippen LogP contribution in [0, 0.1) is 0 Å². The van der Waals surface area contributed by atoms with Gasteiger partial charge < -0.3 is 19.3 Å². The molecule has 0 aliphatic carbocycles. The van der Waals surface area contributed by atoms with Crippen molar-refractivity contribution >= 4 is 15.9 Å². The Labute approximate surface area is 134 Å². The normalized spacial score (nSPS) is 11.1. The van der Waals surface area contributed by atoms with Gasteiger partial charge in [-0.05, 0) is 40.0 Å². The highest BCUT2D eigenvalue weighted by atomic mass is 79.9. The van der Waals surface area contributed by atoms with Crippen LogP contribution in [0.15, 0.2) is 16.6 Å². The van der Waals surface area contributed by atoms with Crippen LogP contribution in [0.3, 0.4) is 0 Å². The summed E-state index contributed by atoms with van der Waals surface area (Å²) in [5, 5.41) is 9.85. The maximum Gasteiger partial charge on any atom is 0.172 e. The van der Waals surface area contributed by atoms with E-state index in [4.69, 9.17) is 14.2 Å². The second-order valence-electron chi connectivity index (χ2n) is 4.74. The average molecular weight is 362 g/mol. The van der Waals surface area contributed by atoms with Gasteiger partial charge in [0.05, 0.1) is 18.2 Å². The number of nitrogens with zero attached hydrogens (tertiary/aromatic N) is 1. The zero-order valence-corrected chi connectivity index (χ0v) is 14.5. The summed E-state index contributed by atoms with van der Waals surface area (Å²) in [5.74, 6) is 0.604. The topological polar surface area (TPSA) is 51.2 Å². The Morgan fingerprint density at radius 3 is 2.43 bits per heavy atom. The number of methoxy groups -OCH3 is 3. The lowest BCUT2D eigenvalue weighted by Crippen LogP contribution is -2.28. The maximum atomic E-state index is 9.85. The molecule has 0 saturated heterocycles. The van der Waals surface area contributed by atoms with Crippen LogP contribution in [0.25, 0.3) is 0 Å². The molecule has 120 valence electrons. The van der Waals surface area contributed by atoms with Gasteiger partial charge in [0, 0.05) is 40.5 Å². The first kappa shape index (κ1) is 18.2. The van der Waals surface area contributed by atoms with Crippen LogP contribution in [0.5, 0.6) is 11.5 Å². The molecule has 0 spiro atoms. The third-order valence-electron chi connectivity index (χ3n) is 3.15. The molecule has 0 radical (unpaired) electrons. The Balaban J connectivity index is 2.74. The third-order valence-corrected chi connectivity index (χ3v) is 3.75. The molecule has 0 aromatic heterocycles. The van der Waals surface area contributed by atoms with Gasteiger partial charge in [-0.25, -0.2) is 0 Å². The first-order valence-corrected chi connectivity index (χ1v) is 7.67. The van der Waals surface area contributed by atoms with Crippen molar-refractivity contribution in [2.45, 2.75) is 13.0 Å². The number of phenolic OH excluding ortho intramolecular Hbond substituents is 1. The lowest BCUT2D eigenvalue weighted by atomic mass is 10.2. The molecule has 21 heavy (non-hydrogen) atoms. The van der Waals surface area contributed by atoms with Gasteiger partial charge in [-0.2, -0.15) is 0 Å². The number of ether oxygens (including phenoxy) is 3. The van der Waals surface area contributed by atoms with Crippen molar-refractivity contribution in [2.24, 2.45) is 0 Å². The smallest absolute Gasteiger partial charge is 0.172 e. The average Bonchev–Trinajstić information content (AvgIpc) is 2.48. The summed E-state index contributed by atoms with van der Waals surface area (Å²) in [7, 11) is 4.96. The fraction of sp³-hybridized carbons (Fsp3) is 0.600. The molecule has 0 aliphatic rings. The van der Waals surface area contributed by atoms with Crippen LogP contribution < -0.4 is 4.74 Å². The highest BCUT2D eigenvalue weighted by molar-refractivity contribution is 9.10. The van der Waals surface area contributed by atoms with E-state index in [1.165, 1.54) is 0 Å². The molecule has 1 rings (SSSR count). The summed E-state index contributed by atoms with van der Waals surface area (Å²) in [4.78, 5) is 2.29. The van der Waals surface area contributed by atoms with Crippen molar-refractivity contribution in [3.8, 4) is 11.5 Å². The number of hydrogen-bond donors (Lipinski definition) is 1. The molecule has 1 N–H and O–H groups in total. The second kappa shape index (κ2) is 10.00. The van der Waals surface area contributed by atoms with Crippen molar-refractivity contribution in [3.63, 3.8) is 0 Å². The number of phenols is 1. The SMILES string of the molecule is COCCCN(CCOC)Cc1cc(Br)c(O)c(OC)c1. The quantitative estimate of drug-likeness (QED) is 0.649. The van der Waals surface area contributed by atoms with Gasteiger partial charge in [0.2, 0.25) is 0 Å². The molecule has 1 aromatic carbocycles. The Morgan fingerprint density at radius 2 is 1.81 bits per heavy atom. The van der Waals surface area contributed by atoms with E-state index in [0.29, 0.717) is 16.8 Å². The van der Waals surface area contributed by atoms with E-state index >= 15 is 0 Å². The first-order valence-electron chi connectivity index (χ1n) is 6.88. The van der Waals surface area contributed by atoms with Gasteiger partial charge in [-0.1, -0.05) is 0 Å². The summed E-state index contributed by atoms with van der Waals surface area (Å²) >= 11 is 3.35. The molecule has 0 saturated carbocycles.